The van der Waals surface area contributed by atoms with Gasteiger partial charge in [0.05, 0.1) is 11.5 Å². The van der Waals surface area contributed by atoms with E-state index in [1.807, 2.05) is 11.3 Å². The largest absolute Gasteiger partial charge is 0.383 e. The number of nitrogens with zero attached hydrogens (tertiary/aromatic N) is 2. The maximum absolute atomic E-state index is 5.01. The molecule has 0 radical (unpaired) electrons. The van der Waals surface area contributed by atoms with Crippen molar-refractivity contribution in [3.8, 4) is 9.88 Å². The monoisotopic (exact) mass is 323 g/mol. The molecule has 0 atom stereocenters. The quantitative estimate of drug-likeness (QED) is 0.796. The predicted molar refractivity (Wildman–Crippen MR) is 88.3 cm³/mol. The molecule has 2 heterocycles. The Labute approximate surface area is 133 Å². The average Bonchev–Trinajstić information content (AvgIpc) is 3.13. The van der Waals surface area contributed by atoms with E-state index in [-0.39, 0.29) is 0 Å². The van der Waals surface area contributed by atoms with Crippen LogP contribution in [0, 0.1) is 0 Å². The Morgan fingerprint density at radius 1 is 1.19 bits per heavy atom. The van der Waals surface area contributed by atoms with Gasteiger partial charge in [-0.1, -0.05) is 11.3 Å². The van der Waals surface area contributed by atoms with Gasteiger partial charge < -0.3 is 10.1 Å². The number of hydrogen-bond donors (Lipinski definition) is 1. The van der Waals surface area contributed by atoms with Gasteiger partial charge in [-0.05, 0) is 37.3 Å². The Hall–Kier alpha value is -0.820. The lowest BCUT2D eigenvalue weighted by atomic mass is 9.99. The summed E-state index contributed by atoms with van der Waals surface area (Å²) in [4.78, 5) is 2.87. The van der Waals surface area contributed by atoms with Crippen molar-refractivity contribution in [2.45, 2.75) is 32.1 Å². The van der Waals surface area contributed by atoms with Gasteiger partial charge in [-0.2, -0.15) is 0 Å². The molecule has 0 spiro atoms. The van der Waals surface area contributed by atoms with E-state index in [9.17, 15) is 0 Å². The maximum atomic E-state index is 5.01. The van der Waals surface area contributed by atoms with Crippen LogP contribution in [-0.2, 0) is 24.0 Å². The van der Waals surface area contributed by atoms with E-state index in [0.717, 1.165) is 36.1 Å². The summed E-state index contributed by atoms with van der Waals surface area (Å²) in [5, 5.41) is 14.2. The van der Waals surface area contributed by atoms with Gasteiger partial charge in [0, 0.05) is 31.5 Å². The molecule has 0 bridgehead atoms. The number of ether oxygens (including phenoxy) is 1. The number of hydrogen-bond acceptors (Lipinski definition) is 6. The van der Waals surface area contributed by atoms with Gasteiger partial charge in [-0.15, -0.1) is 21.5 Å². The van der Waals surface area contributed by atoms with Crippen molar-refractivity contribution in [1.82, 2.24) is 15.5 Å². The Kier molecular flexibility index (Phi) is 5.35. The van der Waals surface area contributed by atoms with Crippen LogP contribution in [-0.4, -0.2) is 37.0 Å². The van der Waals surface area contributed by atoms with Crippen molar-refractivity contribution in [3.63, 3.8) is 0 Å². The summed E-state index contributed by atoms with van der Waals surface area (Å²) in [6, 6.07) is 2.33. The molecule has 0 saturated heterocycles. The highest BCUT2D eigenvalue weighted by Gasteiger charge is 2.16. The highest BCUT2D eigenvalue weighted by Crippen LogP contribution is 2.36. The number of aryl methyl sites for hydroxylation is 2. The number of fused-ring (bicyclic) bond motifs is 1. The van der Waals surface area contributed by atoms with Gasteiger partial charge in [0.15, 0.2) is 5.01 Å². The number of aromatic nitrogens is 2. The lowest BCUT2D eigenvalue weighted by Crippen LogP contribution is -2.21. The van der Waals surface area contributed by atoms with Gasteiger partial charge >= 0.3 is 0 Å². The smallest absolute Gasteiger partial charge is 0.157 e. The third kappa shape index (κ3) is 3.88. The van der Waals surface area contributed by atoms with Gasteiger partial charge in [0.25, 0.3) is 0 Å². The van der Waals surface area contributed by atoms with Crippen LogP contribution in [0.15, 0.2) is 6.07 Å². The van der Waals surface area contributed by atoms with E-state index in [4.69, 9.17) is 4.74 Å². The zero-order valence-electron chi connectivity index (χ0n) is 12.4. The number of methoxy groups -OCH3 is 1. The third-order valence-electron chi connectivity index (χ3n) is 3.67. The molecular formula is C15H21N3OS2. The van der Waals surface area contributed by atoms with E-state index in [1.54, 1.807) is 28.9 Å². The van der Waals surface area contributed by atoms with Gasteiger partial charge in [-0.3, -0.25) is 0 Å². The van der Waals surface area contributed by atoms with E-state index in [2.05, 4.69) is 21.6 Å². The molecule has 0 aliphatic heterocycles. The normalized spacial score (nSPS) is 14.3. The van der Waals surface area contributed by atoms with Crippen LogP contribution >= 0.6 is 22.7 Å². The summed E-state index contributed by atoms with van der Waals surface area (Å²) >= 11 is 3.64. The fraction of sp³-hybridized carbons (Fsp3) is 0.600. The molecule has 0 unspecified atom stereocenters. The average molecular weight is 323 g/mol. The molecule has 0 aromatic carbocycles. The first kappa shape index (κ1) is 15.1. The Morgan fingerprint density at radius 3 is 2.95 bits per heavy atom. The van der Waals surface area contributed by atoms with Gasteiger partial charge in [0.1, 0.15) is 5.01 Å². The van der Waals surface area contributed by atoms with Gasteiger partial charge in [-0.25, -0.2) is 0 Å². The topological polar surface area (TPSA) is 47.0 Å². The molecule has 21 heavy (non-hydrogen) atoms. The summed E-state index contributed by atoms with van der Waals surface area (Å²) in [7, 11) is 1.72. The van der Waals surface area contributed by atoms with Gasteiger partial charge in [0.2, 0.25) is 0 Å². The summed E-state index contributed by atoms with van der Waals surface area (Å²) in [6.45, 7) is 2.57. The first-order valence-corrected chi connectivity index (χ1v) is 9.14. The maximum Gasteiger partial charge on any atom is 0.157 e. The molecule has 0 amide bonds. The van der Waals surface area contributed by atoms with E-state index in [1.165, 1.54) is 30.6 Å². The standard InChI is InChI=1S/C15H21N3OS2/c1-19-9-8-16-7-6-14-17-18-15(21-14)13-10-11-4-2-3-5-12(11)20-13/h10,16H,2-9H2,1H3. The molecule has 1 aliphatic rings. The molecule has 1 N–H and O–H groups in total. The zero-order chi connectivity index (χ0) is 14.5. The lowest BCUT2D eigenvalue weighted by molar-refractivity contribution is 0.199. The van der Waals surface area contributed by atoms with E-state index in [0.29, 0.717) is 0 Å². The Balaban J connectivity index is 1.58. The van der Waals surface area contributed by atoms with E-state index < -0.39 is 0 Å². The van der Waals surface area contributed by atoms with Crippen LogP contribution in [0.1, 0.15) is 28.3 Å². The third-order valence-corrected chi connectivity index (χ3v) is 6.06. The highest BCUT2D eigenvalue weighted by atomic mass is 32.1. The van der Waals surface area contributed by atoms with Crippen LogP contribution in [0.3, 0.4) is 0 Å². The second kappa shape index (κ2) is 7.45. The predicted octanol–water partition coefficient (Wildman–Crippen LogP) is 2.92. The van der Waals surface area contributed by atoms with Crippen molar-refractivity contribution in [3.05, 3.63) is 21.5 Å². The molecular weight excluding hydrogens is 302 g/mol. The van der Waals surface area contributed by atoms with Crippen molar-refractivity contribution in [2.75, 3.05) is 26.8 Å². The molecule has 2 aromatic rings. The summed E-state index contributed by atoms with van der Waals surface area (Å²) in [5.74, 6) is 0. The van der Waals surface area contributed by atoms with Crippen LogP contribution < -0.4 is 5.32 Å². The minimum atomic E-state index is 0.752. The first-order valence-electron chi connectivity index (χ1n) is 7.51. The van der Waals surface area contributed by atoms with Crippen LogP contribution in [0.5, 0.6) is 0 Å². The first-order chi connectivity index (χ1) is 10.4. The SMILES string of the molecule is COCCNCCc1nnc(-c2cc3c(s2)CCCC3)s1. The molecule has 3 rings (SSSR count). The molecule has 0 saturated carbocycles. The lowest BCUT2D eigenvalue weighted by Gasteiger charge is -2.08. The van der Waals surface area contributed by atoms with Crippen LogP contribution in [0.25, 0.3) is 9.88 Å². The summed E-state index contributed by atoms with van der Waals surface area (Å²) < 4.78 is 5.01. The molecule has 1 aliphatic carbocycles. The van der Waals surface area contributed by atoms with Crippen molar-refractivity contribution in [1.29, 1.82) is 0 Å². The molecule has 4 nitrogen and oxygen atoms in total. The van der Waals surface area contributed by atoms with Crippen molar-refractivity contribution < 1.29 is 4.74 Å². The van der Waals surface area contributed by atoms with E-state index >= 15 is 0 Å². The molecule has 114 valence electrons. The number of thiophene rings is 1. The van der Waals surface area contributed by atoms with Crippen molar-refractivity contribution in [2.24, 2.45) is 0 Å². The van der Waals surface area contributed by atoms with Crippen molar-refractivity contribution >= 4 is 22.7 Å². The molecule has 6 heteroatoms. The minimum Gasteiger partial charge on any atom is -0.383 e. The highest BCUT2D eigenvalue weighted by molar-refractivity contribution is 7.21. The Bertz CT molecular complexity index is 556. The van der Waals surface area contributed by atoms with Crippen LogP contribution in [0.2, 0.25) is 0 Å². The fourth-order valence-electron chi connectivity index (χ4n) is 2.54. The number of rotatable bonds is 7. The summed E-state index contributed by atoms with van der Waals surface area (Å²) in [6.07, 6.45) is 6.08. The molecule has 2 aromatic heterocycles. The second-order valence-corrected chi connectivity index (χ2v) is 7.46. The minimum absolute atomic E-state index is 0.752. The zero-order valence-corrected chi connectivity index (χ0v) is 14.0. The second-order valence-electron chi connectivity index (χ2n) is 5.26. The Morgan fingerprint density at radius 2 is 2.10 bits per heavy atom. The summed E-state index contributed by atoms with van der Waals surface area (Å²) in [5.41, 5.74) is 1.54. The molecule has 0 fully saturated rings. The number of nitrogens with one attached hydrogen (secondary N) is 1. The fourth-order valence-corrected chi connectivity index (χ4v) is 4.68. The van der Waals surface area contributed by atoms with Crippen LogP contribution in [0.4, 0.5) is 0 Å².